The molecule has 32 heavy (non-hydrogen) atoms. The van der Waals surface area contributed by atoms with E-state index in [0.717, 1.165) is 34.8 Å². The summed E-state index contributed by atoms with van der Waals surface area (Å²) in [5, 5.41) is 3.84. The summed E-state index contributed by atoms with van der Waals surface area (Å²) in [4.78, 5) is 26.6. The second-order valence-corrected chi connectivity index (χ2v) is 8.31. The molecule has 0 saturated carbocycles. The largest absolute Gasteiger partial charge is 0.378 e. The molecule has 162 valence electrons. The molecule has 0 bridgehead atoms. The van der Waals surface area contributed by atoms with Crippen molar-refractivity contribution < 1.29 is 13.9 Å². The third-order valence-electron chi connectivity index (χ3n) is 5.34. The molecule has 1 aliphatic heterocycles. The van der Waals surface area contributed by atoms with Crippen molar-refractivity contribution in [2.24, 2.45) is 0 Å². The van der Waals surface area contributed by atoms with Gasteiger partial charge in [-0.2, -0.15) is 0 Å². The summed E-state index contributed by atoms with van der Waals surface area (Å²) in [6.07, 6.45) is 0. The van der Waals surface area contributed by atoms with Crippen molar-refractivity contribution in [3.63, 3.8) is 0 Å². The fourth-order valence-electron chi connectivity index (χ4n) is 3.66. The first-order valence-electron chi connectivity index (χ1n) is 10.4. The van der Waals surface area contributed by atoms with Crippen LogP contribution in [0.15, 0.2) is 66.0 Å². The number of carbonyl (C=O) groups is 1. The maximum atomic E-state index is 13.5. The smallest absolute Gasteiger partial charge is 0.277 e. The minimum Gasteiger partial charge on any atom is -0.378 e. The molecule has 2 aromatic heterocycles. The van der Waals surface area contributed by atoms with Crippen molar-refractivity contribution in [1.29, 1.82) is 0 Å². The van der Waals surface area contributed by atoms with E-state index in [-0.39, 0.29) is 18.3 Å². The fraction of sp³-hybridized carbons (Fsp3) is 0.208. The van der Waals surface area contributed by atoms with Crippen LogP contribution in [0, 0.1) is 5.82 Å². The van der Waals surface area contributed by atoms with Gasteiger partial charge < -0.3 is 14.5 Å². The Morgan fingerprint density at radius 2 is 1.81 bits per heavy atom. The molecular weight excluding hydrogens is 427 g/mol. The number of rotatable bonds is 5. The second-order valence-electron chi connectivity index (χ2n) is 7.48. The van der Waals surface area contributed by atoms with E-state index < -0.39 is 0 Å². The Kier molecular flexibility index (Phi) is 5.79. The van der Waals surface area contributed by atoms with Crippen LogP contribution < -0.4 is 9.80 Å². The predicted molar refractivity (Wildman–Crippen MR) is 124 cm³/mol. The number of carbonyl (C=O) groups excluding carboxylic acids is 1. The van der Waals surface area contributed by atoms with Gasteiger partial charge in [0.05, 0.1) is 31.0 Å². The van der Waals surface area contributed by atoms with E-state index >= 15 is 0 Å². The Bertz CT molecular complexity index is 1240. The molecule has 4 aromatic rings. The van der Waals surface area contributed by atoms with E-state index in [2.05, 4.69) is 9.88 Å². The summed E-state index contributed by atoms with van der Waals surface area (Å²) in [7, 11) is 0. The van der Waals surface area contributed by atoms with Crippen molar-refractivity contribution in [2.75, 3.05) is 36.1 Å². The number of halogens is 1. The number of benzene rings is 2. The number of hydrogen-bond acceptors (Lipinski definition) is 6. The first-order chi connectivity index (χ1) is 15.7. The lowest BCUT2D eigenvalue weighted by atomic mass is 10.2. The second kappa shape index (κ2) is 9.02. The number of ether oxygens (including phenoxy) is 1. The molecule has 8 heteroatoms. The average molecular weight is 449 g/mol. The van der Waals surface area contributed by atoms with Crippen molar-refractivity contribution in [3.8, 4) is 0 Å². The van der Waals surface area contributed by atoms with Crippen molar-refractivity contribution in [3.05, 3.63) is 83.2 Å². The van der Waals surface area contributed by atoms with Crippen LogP contribution in [0.4, 0.5) is 15.2 Å². The zero-order valence-corrected chi connectivity index (χ0v) is 18.1. The number of aromatic nitrogens is 2. The Labute approximate surface area is 188 Å². The van der Waals surface area contributed by atoms with Gasteiger partial charge in [0.25, 0.3) is 5.91 Å². The Hall–Kier alpha value is -3.36. The molecule has 2 aromatic carbocycles. The van der Waals surface area contributed by atoms with Gasteiger partial charge in [-0.05, 0) is 36.4 Å². The van der Waals surface area contributed by atoms with Crippen LogP contribution in [0.25, 0.3) is 10.9 Å². The van der Waals surface area contributed by atoms with Crippen LogP contribution in [0.3, 0.4) is 0 Å². The number of nitrogens with zero attached hydrogens (tertiary/aromatic N) is 4. The molecular formula is C24H21FN4O2S. The molecule has 0 aliphatic carbocycles. The van der Waals surface area contributed by atoms with Crippen molar-refractivity contribution in [2.45, 2.75) is 6.54 Å². The molecule has 5 rings (SSSR count). The van der Waals surface area contributed by atoms with Gasteiger partial charge in [-0.25, -0.2) is 14.4 Å². The first kappa shape index (κ1) is 20.5. The third-order valence-corrected chi connectivity index (χ3v) is 6.29. The molecule has 1 aliphatic rings. The molecule has 6 nitrogen and oxygen atoms in total. The minimum atomic E-state index is -0.353. The van der Waals surface area contributed by atoms with Crippen LogP contribution in [0.1, 0.15) is 16.2 Å². The summed E-state index contributed by atoms with van der Waals surface area (Å²) >= 11 is 1.55. The third kappa shape index (κ3) is 4.32. The number of morpholine rings is 1. The SMILES string of the molecule is O=C(c1ccc2ccccc2n1)N(Cc1csc(N2CCOCC2)n1)c1ccc(F)cc1. The topological polar surface area (TPSA) is 58.6 Å². The van der Waals surface area contributed by atoms with E-state index in [0.29, 0.717) is 24.6 Å². The van der Waals surface area contributed by atoms with Crippen LogP contribution in [0.2, 0.25) is 0 Å². The Morgan fingerprint density at radius 1 is 1.03 bits per heavy atom. The minimum absolute atomic E-state index is 0.261. The standard InChI is InChI=1S/C24H21FN4O2S/c25-18-6-8-20(9-7-18)29(15-19-16-32-24(26-19)28-11-13-31-14-12-28)23(30)22-10-5-17-3-1-2-4-21(17)27-22/h1-10,16H,11-15H2. The van der Waals surface area contributed by atoms with Gasteiger partial charge >= 0.3 is 0 Å². The quantitative estimate of drug-likeness (QED) is 0.450. The highest BCUT2D eigenvalue weighted by Gasteiger charge is 2.22. The molecule has 1 fully saturated rings. The maximum absolute atomic E-state index is 13.5. The van der Waals surface area contributed by atoms with Gasteiger partial charge in [-0.3, -0.25) is 4.79 Å². The van der Waals surface area contributed by atoms with E-state index in [1.165, 1.54) is 12.1 Å². The van der Waals surface area contributed by atoms with Crippen LogP contribution in [-0.4, -0.2) is 42.2 Å². The van der Waals surface area contributed by atoms with Gasteiger partial charge in [0.1, 0.15) is 11.5 Å². The lowest BCUT2D eigenvalue weighted by Crippen LogP contribution is -2.36. The molecule has 0 spiro atoms. The summed E-state index contributed by atoms with van der Waals surface area (Å²) in [6, 6.07) is 17.2. The van der Waals surface area contributed by atoms with Gasteiger partial charge in [-0.1, -0.05) is 24.3 Å². The van der Waals surface area contributed by atoms with Gasteiger partial charge in [0.2, 0.25) is 0 Å². The van der Waals surface area contributed by atoms with Crippen LogP contribution in [0.5, 0.6) is 0 Å². The molecule has 0 unspecified atom stereocenters. The summed E-state index contributed by atoms with van der Waals surface area (Å²) in [5.74, 6) is -0.614. The normalized spacial score (nSPS) is 14.0. The predicted octanol–water partition coefficient (Wildman–Crippen LogP) is 4.51. The lowest BCUT2D eigenvalue weighted by molar-refractivity contribution is 0.0980. The number of amides is 1. The number of pyridine rings is 1. The molecule has 0 N–H and O–H groups in total. The van der Waals surface area contributed by atoms with Gasteiger partial charge in [0.15, 0.2) is 5.13 Å². The lowest BCUT2D eigenvalue weighted by Gasteiger charge is -2.26. The maximum Gasteiger partial charge on any atom is 0.277 e. The van der Waals surface area contributed by atoms with E-state index in [4.69, 9.17) is 9.72 Å². The van der Waals surface area contributed by atoms with Crippen LogP contribution in [-0.2, 0) is 11.3 Å². The number of anilines is 2. The van der Waals surface area contributed by atoms with E-state index in [9.17, 15) is 9.18 Å². The number of hydrogen-bond donors (Lipinski definition) is 0. The van der Waals surface area contributed by atoms with Gasteiger partial charge in [-0.15, -0.1) is 11.3 Å². The number of thiazole rings is 1. The van der Waals surface area contributed by atoms with Gasteiger partial charge in [0, 0.05) is 29.5 Å². The van der Waals surface area contributed by atoms with Crippen LogP contribution >= 0.6 is 11.3 Å². The van der Waals surface area contributed by atoms with E-state index in [1.807, 2.05) is 35.7 Å². The fourth-order valence-corrected chi connectivity index (χ4v) is 4.53. The zero-order valence-electron chi connectivity index (χ0n) is 17.3. The molecule has 1 amide bonds. The van der Waals surface area contributed by atoms with Crippen molar-refractivity contribution >= 4 is 39.0 Å². The highest BCUT2D eigenvalue weighted by atomic mass is 32.1. The molecule has 3 heterocycles. The first-order valence-corrected chi connectivity index (χ1v) is 11.3. The summed E-state index contributed by atoms with van der Waals surface area (Å²) in [6.45, 7) is 3.23. The molecule has 1 saturated heterocycles. The molecule has 0 radical (unpaired) electrons. The van der Waals surface area contributed by atoms with E-state index in [1.54, 1.807) is 34.4 Å². The number of para-hydroxylation sites is 1. The summed E-state index contributed by atoms with van der Waals surface area (Å²) in [5.41, 5.74) is 2.44. The Morgan fingerprint density at radius 3 is 2.62 bits per heavy atom. The molecule has 0 atom stereocenters. The highest BCUT2D eigenvalue weighted by molar-refractivity contribution is 7.13. The zero-order chi connectivity index (χ0) is 21.9. The van der Waals surface area contributed by atoms with Crippen molar-refractivity contribution in [1.82, 2.24) is 9.97 Å². The summed E-state index contributed by atoms with van der Waals surface area (Å²) < 4.78 is 19.0. The Balaban J connectivity index is 1.45. The number of fused-ring (bicyclic) bond motifs is 1. The monoisotopic (exact) mass is 448 g/mol. The average Bonchev–Trinajstić information content (AvgIpc) is 3.32. The highest BCUT2D eigenvalue weighted by Crippen LogP contribution is 2.26.